The van der Waals surface area contributed by atoms with Crippen LogP contribution in [0.25, 0.3) is 0 Å². The Morgan fingerprint density at radius 1 is 1.08 bits per heavy atom. The third-order valence-corrected chi connectivity index (χ3v) is 3.31. The fraction of sp³-hybridized carbons (Fsp3) is 0.750. The highest BCUT2D eigenvalue weighted by molar-refractivity contribution is 7.59. The van der Waals surface area contributed by atoms with Gasteiger partial charge in [0.1, 0.15) is 0 Å². The molecule has 8 heteroatoms. The van der Waals surface area contributed by atoms with E-state index in [-0.39, 0.29) is 44.8 Å². The molecule has 0 saturated heterocycles. The van der Waals surface area contributed by atoms with Gasteiger partial charge in [0.05, 0.1) is 18.1 Å². The summed E-state index contributed by atoms with van der Waals surface area (Å²) in [5, 5.41) is 11.6. The summed E-state index contributed by atoms with van der Waals surface area (Å²) in [6, 6.07) is -0.882. The van der Waals surface area contributed by atoms with E-state index in [1.165, 1.54) is 6.92 Å². The minimum Gasteiger partial charge on any atom is -0.481 e. The number of Topliss-reactive ketones (excluding diaryl/α,β-unsaturated/α-hetero) is 1. The number of carbonyl (C=O) groups excluding carboxylic acids is 3. The Hall–Kier alpha value is -1.57. The highest BCUT2D eigenvalue weighted by Crippen LogP contribution is 2.18. The first-order valence-corrected chi connectivity index (χ1v) is 7.76. The minimum absolute atomic E-state index is 0. The smallest absolute Gasteiger partial charge is 0.307 e. The molecule has 0 aliphatic heterocycles. The van der Waals surface area contributed by atoms with Crippen molar-refractivity contribution in [2.75, 3.05) is 0 Å². The SMILES string of the molecule is CC(=O)NC(CCC(=O)OC(C)C)C(=O)CC(C(=O)O)C(C)C.S. The lowest BCUT2D eigenvalue weighted by molar-refractivity contribution is -0.148. The van der Waals surface area contributed by atoms with E-state index in [2.05, 4.69) is 5.32 Å². The number of carbonyl (C=O) groups is 4. The zero-order valence-electron chi connectivity index (χ0n) is 14.9. The van der Waals surface area contributed by atoms with E-state index in [4.69, 9.17) is 9.84 Å². The van der Waals surface area contributed by atoms with Crippen molar-refractivity contribution in [3.63, 3.8) is 0 Å². The summed E-state index contributed by atoms with van der Waals surface area (Å²) in [6.45, 7) is 8.14. The van der Waals surface area contributed by atoms with Gasteiger partial charge < -0.3 is 15.2 Å². The maximum atomic E-state index is 12.3. The van der Waals surface area contributed by atoms with Crippen molar-refractivity contribution in [2.24, 2.45) is 11.8 Å². The molecule has 2 unspecified atom stereocenters. The number of hydrogen-bond donors (Lipinski definition) is 2. The lowest BCUT2D eigenvalue weighted by atomic mass is 9.88. The fourth-order valence-corrected chi connectivity index (χ4v) is 2.11. The van der Waals surface area contributed by atoms with Crippen LogP contribution < -0.4 is 5.32 Å². The molecule has 140 valence electrons. The summed E-state index contributed by atoms with van der Waals surface area (Å²) in [5.74, 6) is -3.33. The Labute approximate surface area is 150 Å². The fourth-order valence-electron chi connectivity index (χ4n) is 2.11. The van der Waals surface area contributed by atoms with Gasteiger partial charge in [0, 0.05) is 19.8 Å². The minimum atomic E-state index is -1.05. The van der Waals surface area contributed by atoms with Gasteiger partial charge in [-0.3, -0.25) is 19.2 Å². The Morgan fingerprint density at radius 3 is 2.00 bits per heavy atom. The van der Waals surface area contributed by atoms with Crippen LogP contribution in [0.1, 0.15) is 53.9 Å². The Kier molecular flexibility index (Phi) is 12.2. The molecule has 2 N–H and O–H groups in total. The summed E-state index contributed by atoms with van der Waals surface area (Å²) >= 11 is 0. The largest absolute Gasteiger partial charge is 0.481 e. The normalized spacial score (nSPS) is 13.0. The maximum absolute atomic E-state index is 12.3. The van der Waals surface area contributed by atoms with Gasteiger partial charge in [0.25, 0.3) is 0 Å². The van der Waals surface area contributed by atoms with E-state index >= 15 is 0 Å². The summed E-state index contributed by atoms with van der Waals surface area (Å²) in [4.78, 5) is 46.3. The van der Waals surface area contributed by atoms with Crippen molar-refractivity contribution in [1.82, 2.24) is 5.32 Å². The first-order valence-electron chi connectivity index (χ1n) is 7.76. The van der Waals surface area contributed by atoms with Gasteiger partial charge in [0.15, 0.2) is 5.78 Å². The predicted molar refractivity (Wildman–Crippen MR) is 94.0 cm³/mol. The van der Waals surface area contributed by atoms with Crippen molar-refractivity contribution < 1.29 is 29.0 Å². The van der Waals surface area contributed by atoms with Crippen molar-refractivity contribution >= 4 is 37.1 Å². The van der Waals surface area contributed by atoms with Gasteiger partial charge >= 0.3 is 11.9 Å². The lowest BCUT2D eigenvalue weighted by Gasteiger charge is -2.21. The summed E-state index contributed by atoms with van der Waals surface area (Å²) in [5.41, 5.74) is 0. The van der Waals surface area contributed by atoms with Crippen LogP contribution in [-0.4, -0.2) is 40.9 Å². The molecule has 0 rings (SSSR count). The van der Waals surface area contributed by atoms with Crippen LogP contribution in [0.15, 0.2) is 0 Å². The van der Waals surface area contributed by atoms with Crippen LogP contribution in [-0.2, 0) is 23.9 Å². The number of carboxylic acid groups (broad SMARTS) is 1. The molecule has 0 radical (unpaired) electrons. The first-order chi connectivity index (χ1) is 10.5. The molecule has 2 atom stereocenters. The molecule has 0 saturated carbocycles. The van der Waals surface area contributed by atoms with Gasteiger partial charge in [-0.25, -0.2) is 0 Å². The average molecular weight is 363 g/mol. The third-order valence-electron chi connectivity index (χ3n) is 3.31. The highest BCUT2D eigenvalue weighted by Gasteiger charge is 2.29. The molecule has 0 aromatic carbocycles. The zero-order chi connectivity index (χ0) is 18.2. The molecule has 0 aromatic heterocycles. The van der Waals surface area contributed by atoms with Crippen molar-refractivity contribution in [3.05, 3.63) is 0 Å². The van der Waals surface area contributed by atoms with Gasteiger partial charge in [-0.05, 0) is 26.2 Å². The lowest BCUT2D eigenvalue weighted by Crippen LogP contribution is -2.41. The van der Waals surface area contributed by atoms with Crippen molar-refractivity contribution in [2.45, 2.75) is 66.0 Å². The number of aliphatic carboxylic acids is 1. The topological polar surface area (TPSA) is 110 Å². The molecule has 0 aromatic rings. The van der Waals surface area contributed by atoms with Crippen LogP contribution in [0.3, 0.4) is 0 Å². The second kappa shape index (κ2) is 11.9. The Morgan fingerprint density at radius 2 is 1.62 bits per heavy atom. The number of nitrogens with one attached hydrogen (secondary N) is 1. The Balaban J connectivity index is 0. The highest BCUT2D eigenvalue weighted by atomic mass is 32.1. The van der Waals surface area contributed by atoms with Crippen LogP contribution in [0.5, 0.6) is 0 Å². The van der Waals surface area contributed by atoms with Crippen molar-refractivity contribution in [1.29, 1.82) is 0 Å². The van der Waals surface area contributed by atoms with Crippen LogP contribution >= 0.6 is 13.5 Å². The van der Waals surface area contributed by atoms with E-state index in [0.717, 1.165) is 0 Å². The summed E-state index contributed by atoms with van der Waals surface area (Å²) < 4.78 is 4.99. The van der Waals surface area contributed by atoms with Gasteiger partial charge in [-0.2, -0.15) is 13.5 Å². The molecular weight excluding hydrogens is 334 g/mol. The number of rotatable bonds is 10. The van der Waals surface area contributed by atoms with Crippen molar-refractivity contribution in [3.8, 4) is 0 Å². The molecule has 0 aliphatic carbocycles. The zero-order valence-corrected chi connectivity index (χ0v) is 15.9. The van der Waals surface area contributed by atoms with Crippen LogP contribution in [0.4, 0.5) is 0 Å². The predicted octanol–water partition coefficient (Wildman–Crippen LogP) is 1.65. The number of hydrogen-bond acceptors (Lipinski definition) is 5. The molecular formula is C16H29NO6S. The molecule has 0 spiro atoms. The number of amides is 1. The molecule has 7 nitrogen and oxygen atoms in total. The van der Waals surface area contributed by atoms with Gasteiger partial charge in [0.2, 0.25) is 5.91 Å². The molecule has 0 bridgehead atoms. The van der Waals surface area contributed by atoms with Gasteiger partial charge in [-0.15, -0.1) is 0 Å². The van der Waals surface area contributed by atoms with E-state index < -0.39 is 35.6 Å². The van der Waals surface area contributed by atoms with Crippen LogP contribution in [0, 0.1) is 11.8 Å². The number of esters is 1. The van der Waals surface area contributed by atoms with E-state index in [9.17, 15) is 19.2 Å². The maximum Gasteiger partial charge on any atom is 0.307 e. The van der Waals surface area contributed by atoms with E-state index in [0.29, 0.717) is 0 Å². The molecule has 0 aliphatic rings. The van der Waals surface area contributed by atoms with E-state index in [1.54, 1.807) is 27.7 Å². The van der Waals surface area contributed by atoms with E-state index in [1.807, 2.05) is 0 Å². The molecule has 0 heterocycles. The summed E-state index contributed by atoms with van der Waals surface area (Å²) in [7, 11) is 0. The number of ketones is 1. The molecule has 0 fully saturated rings. The second-order valence-corrected chi connectivity index (χ2v) is 6.19. The van der Waals surface area contributed by atoms with Crippen LogP contribution in [0.2, 0.25) is 0 Å². The number of ether oxygens (including phenoxy) is 1. The average Bonchev–Trinajstić information content (AvgIpc) is 2.38. The second-order valence-electron chi connectivity index (χ2n) is 6.19. The number of carboxylic acids is 1. The molecule has 1 amide bonds. The third kappa shape index (κ3) is 10.3. The monoisotopic (exact) mass is 363 g/mol. The molecule has 24 heavy (non-hydrogen) atoms. The van der Waals surface area contributed by atoms with Gasteiger partial charge in [-0.1, -0.05) is 13.8 Å². The Bertz CT molecular complexity index is 450. The quantitative estimate of drug-likeness (QED) is 0.571. The standard InChI is InChI=1S/C16H27NO6.H2S/c1-9(2)12(16(21)22)8-14(19)13(17-11(5)18)6-7-15(20)23-10(3)4;/h9-10,12-13H,6-8H2,1-5H3,(H,17,18)(H,21,22);1H2. The summed E-state index contributed by atoms with van der Waals surface area (Å²) in [6.07, 6.45) is -0.366. The first kappa shape index (κ1) is 24.7.